The Morgan fingerprint density at radius 3 is 2.63 bits per heavy atom. The van der Waals surface area contributed by atoms with Gasteiger partial charge >= 0.3 is 12.1 Å². The number of rotatable bonds is 4. The molecule has 19 heavy (non-hydrogen) atoms. The molecule has 2 N–H and O–H groups in total. The van der Waals surface area contributed by atoms with Gasteiger partial charge in [-0.25, -0.2) is 15.0 Å². The quantitative estimate of drug-likeness (QED) is 0.638. The van der Waals surface area contributed by atoms with E-state index in [-0.39, 0.29) is 6.54 Å². The molecule has 1 rings (SSSR count). The van der Waals surface area contributed by atoms with E-state index in [0.29, 0.717) is 11.3 Å². The number of amides is 1. The number of carbonyl (C=O) groups excluding carboxylic acids is 2. The van der Waals surface area contributed by atoms with E-state index in [1.165, 1.54) is 19.4 Å². The van der Waals surface area contributed by atoms with Gasteiger partial charge in [-0.3, -0.25) is 5.43 Å². The Hall–Kier alpha value is -2.02. The van der Waals surface area contributed by atoms with Crippen molar-refractivity contribution in [2.24, 2.45) is 0 Å². The zero-order valence-electron chi connectivity index (χ0n) is 11.4. The van der Waals surface area contributed by atoms with Crippen molar-refractivity contribution >= 4 is 12.1 Å². The normalized spacial score (nSPS) is 10.9. The summed E-state index contributed by atoms with van der Waals surface area (Å²) in [5.41, 5.74) is 4.73. The molecule has 0 spiro atoms. The molecule has 106 valence electrons. The van der Waals surface area contributed by atoms with Crippen LogP contribution in [0.25, 0.3) is 0 Å². The molecular formula is C12H18N2O5. The molecule has 1 heterocycles. The number of carbonyl (C=O) groups is 2. The molecule has 0 saturated carbocycles. The molecule has 0 aliphatic rings. The van der Waals surface area contributed by atoms with E-state index in [2.05, 4.69) is 15.6 Å². The Balaban J connectivity index is 2.35. The predicted molar refractivity (Wildman–Crippen MR) is 66.3 cm³/mol. The van der Waals surface area contributed by atoms with Gasteiger partial charge in [0.15, 0.2) is 0 Å². The highest BCUT2D eigenvalue weighted by molar-refractivity contribution is 5.88. The average Bonchev–Trinajstić information content (AvgIpc) is 2.74. The third-order valence-electron chi connectivity index (χ3n) is 1.93. The Morgan fingerprint density at radius 2 is 2.05 bits per heavy atom. The number of furan rings is 1. The van der Waals surface area contributed by atoms with Crippen molar-refractivity contribution in [1.82, 2.24) is 10.9 Å². The third-order valence-corrected chi connectivity index (χ3v) is 1.93. The number of methoxy groups -OCH3 is 1. The summed E-state index contributed by atoms with van der Waals surface area (Å²) in [7, 11) is 1.29. The van der Waals surface area contributed by atoms with E-state index in [1.807, 2.05) is 0 Å². The van der Waals surface area contributed by atoms with Gasteiger partial charge in [0.05, 0.1) is 19.2 Å². The summed E-state index contributed by atoms with van der Waals surface area (Å²) in [6.45, 7) is 5.52. The minimum Gasteiger partial charge on any atom is -0.467 e. The van der Waals surface area contributed by atoms with Gasteiger partial charge in [0.2, 0.25) is 0 Å². The molecule has 0 saturated heterocycles. The van der Waals surface area contributed by atoms with E-state index in [0.717, 1.165) is 0 Å². The van der Waals surface area contributed by atoms with Crippen LogP contribution in [0.1, 0.15) is 36.9 Å². The molecular weight excluding hydrogens is 252 g/mol. The largest absolute Gasteiger partial charge is 0.467 e. The van der Waals surface area contributed by atoms with Crippen LogP contribution in [0.15, 0.2) is 16.7 Å². The minimum atomic E-state index is -0.591. The summed E-state index contributed by atoms with van der Waals surface area (Å²) in [6.07, 6.45) is 0.698. The SMILES string of the molecule is COC(=O)c1coc(CNNC(=O)OC(C)(C)C)c1. The molecule has 0 fully saturated rings. The highest BCUT2D eigenvalue weighted by Crippen LogP contribution is 2.09. The van der Waals surface area contributed by atoms with Crippen molar-refractivity contribution in [3.05, 3.63) is 23.7 Å². The van der Waals surface area contributed by atoms with Crippen LogP contribution in [0.5, 0.6) is 0 Å². The standard InChI is InChI=1S/C12H18N2O5/c1-12(2,3)19-11(16)14-13-6-9-5-8(7-18-9)10(15)17-4/h5,7,13H,6H2,1-4H3,(H,14,16). The second kappa shape index (κ2) is 6.24. The van der Waals surface area contributed by atoms with E-state index >= 15 is 0 Å². The maximum absolute atomic E-state index is 11.3. The van der Waals surface area contributed by atoms with Crippen LogP contribution in [-0.2, 0) is 16.0 Å². The van der Waals surface area contributed by atoms with Gasteiger partial charge in [0.25, 0.3) is 0 Å². The number of hydrogen-bond donors (Lipinski definition) is 2. The molecule has 0 aromatic carbocycles. The number of hydrazine groups is 1. The molecule has 0 radical (unpaired) electrons. The van der Waals surface area contributed by atoms with Crippen LogP contribution in [0.2, 0.25) is 0 Å². The van der Waals surface area contributed by atoms with E-state index in [4.69, 9.17) is 9.15 Å². The van der Waals surface area contributed by atoms with Crippen LogP contribution in [-0.4, -0.2) is 24.8 Å². The Bertz CT molecular complexity index is 447. The van der Waals surface area contributed by atoms with Gasteiger partial charge in [-0.1, -0.05) is 0 Å². The molecule has 1 aromatic rings. The van der Waals surface area contributed by atoms with Gasteiger partial charge in [0.1, 0.15) is 17.6 Å². The van der Waals surface area contributed by atoms with Crippen molar-refractivity contribution < 1.29 is 23.5 Å². The van der Waals surface area contributed by atoms with Gasteiger partial charge < -0.3 is 13.9 Å². The monoisotopic (exact) mass is 270 g/mol. The van der Waals surface area contributed by atoms with Gasteiger partial charge in [-0.05, 0) is 26.8 Å². The van der Waals surface area contributed by atoms with Crippen molar-refractivity contribution in [3.8, 4) is 0 Å². The van der Waals surface area contributed by atoms with E-state index < -0.39 is 17.7 Å². The first-order valence-electron chi connectivity index (χ1n) is 5.69. The fourth-order valence-corrected chi connectivity index (χ4v) is 1.21. The smallest absolute Gasteiger partial charge is 0.422 e. The molecule has 0 aliphatic carbocycles. The lowest BCUT2D eigenvalue weighted by molar-refractivity contribution is 0.0494. The highest BCUT2D eigenvalue weighted by atomic mass is 16.6. The summed E-state index contributed by atoms with van der Waals surface area (Å²) >= 11 is 0. The number of ether oxygens (including phenoxy) is 2. The summed E-state index contributed by atoms with van der Waals surface area (Å²) < 4.78 is 14.7. The molecule has 0 aliphatic heterocycles. The number of esters is 1. The van der Waals surface area contributed by atoms with Gasteiger partial charge in [-0.2, -0.15) is 0 Å². The molecule has 1 amide bonds. The summed E-state index contributed by atoms with van der Waals surface area (Å²) in [4.78, 5) is 22.5. The summed E-state index contributed by atoms with van der Waals surface area (Å²) in [6, 6.07) is 1.52. The van der Waals surface area contributed by atoms with E-state index in [1.54, 1.807) is 20.8 Å². The third kappa shape index (κ3) is 5.43. The lowest BCUT2D eigenvalue weighted by atomic mass is 10.2. The Labute approximate surface area is 111 Å². The molecule has 1 aromatic heterocycles. The second-order valence-electron chi connectivity index (χ2n) is 4.77. The van der Waals surface area contributed by atoms with Crippen molar-refractivity contribution in [1.29, 1.82) is 0 Å². The maximum atomic E-state index is 11.3. The first-order chi connectivity index (χ1) is 8.81. The van der Waals surface area contributed by atoms with Crippen LogP contribution in [0.3, 0.4) is 0 Å². The fourth-order valence-electron chi connectivity index (χ4n) is 1.21. The first-order valence-corrected chi connectivity index (χ1v) is 5.69. The highest BCUT2D eigenvalue weighted by Gasteiger charge is 2.16. The predicted octanol–water partition coefficient (Wildman–Crippen LogP) is 1.60. The van der Waals surface area contributed by atoms with Crippen LogP contribution in [0, 0.1) is 0 Å². The number of hydrogen-bond acceptors (Lipinski definition) is 6. The zero-order valence-corrected chi connectivity index (χ0v) is 11.4. The molecule has 7 heteroatoms. The molecule has 0 atom stereocenters. The summed E-state index contributed by atoms with van der Waals surface area (Å²) in [5.74, 6) is 0.00607. The van der Waals surface area contributed by atoms with E-state index in [9.17, 15) is 9.59 Å². The van der Waals surface area contributed by atoms with Crippen LogP contribution < -0.4 is 10.9 Å². The van der Waals surface area contributed by atoms with Crippen molar-refractivity contribution in [3.63, 3.8) is 0 Å². The second-order valence-corrected chi connectivity index (χ2v) is 4.77. The molecule has 7 nitrogen and oxygen atoms in total. The lowest BCUT2D eigenvalue weighted by Gasteiger charge is -2.19. The zero-order chi connectivity index (χ0) is 14.5. The average molecular weight is 270 g/mol. The Kier molecular flexibility index (Phi) is 4.94. The first kappa shape index (κ1) is 15.0. The minimum absolute atomic E-state index is 0.218. The molecule has 0 unspecified atom stereocenters. The molecule has 0 bridgehead atoms. The Morgan fingerprint density at radius 1 is 1.37 bits per heavy atom. The maximum Gasteiger partial charge on any atom is 0.422 e. The van der Waals surface area contributed by atoms with Gasteiger partial charge in [0, 0.05) is 0 Å². The van der Waals surface area contributed by atoms with Crippen LogP contribution in [0.4, 0.5) is 4.79 Å². The topological polar surface area (TPSA) is 89.8 Å². The fraction of sp³-hybridized carbons (Fsp3) is 0.500. The lowest BCUT2D eigenvalue weighted by Crippen LogP contribution is -2.40. The van der Waals surface area contributed by atoms with Gasteiger partial charge in [-0.15, -0.1) is 0 Å². The van der Waals surface area contributed by atoms with Crippen molar-refractivity contribution in [2.75, 3.05) is 7.11 Å². The van der Waals surface area contributed by atoms with Crippen LogP contribution >= 0.6 is 0 Å². The number of nitrogens with one attached hydrogen (secondary N) is 2. The van der Waals surface area contributed by atoms with Crippen molar-refractivity contribution in [2.45, 2.75) is 32.9 Å². The summed E-state index contributed by atoms with van der Waals surface area (Å²) in [5, 5.41) is 0.